The van der Waals surface area contributed by atoms with Crippen molar-refractivity contribution in [1.29, 1.82) is 0 Å². The predicted octanol–water partition coefficient (Wildman–Crippen LogP) is 6.12. The van der Waals surface area contributed by atoms with Crippen LogP contribution in [0.3, 0.4) is 0 Å². The molecule has 1 aliphatic carbocycles. The maximum absolute atomic E-state index is 13.7. The Bertz CT molecular complexity index is 1390. The average molecular weight is 528 g/mol. The standard InChI is InChI=1S/C30H29N3O4S/c1-19-10-12-21(13-11-19)31-26-27(30(36)33(29(26)35)23-14-16-24(37-2)17-15-23)38-25-9-5-8-22(18-25)32-28(34)20-6-3-4-7-20/h5,8-18,20,31H,3-4,6-7H2,1-2H3,(H,32,34). The molecular formula is C30H29N3O4S. The fourth-order valence-corrected chi connectivity index (χ4v) is 5.64. The summed E-state index contributed by atoms with van der Waals surface area (Å²) in [5.41, 5.74) is 3.13. The van der Waals surface area contributed by atoms with Crippen LogP contribution in [0, 0.1) is 12.8 Å². The summed E-state index contributed by atoms with van der Waals surface area (Å²) in [5, 5.41) is 6.19. The van der Waals surface area contributed by atoms with Gasteiger partial charge in [-0.05, 0) is 74.4 Å². The number of methoxy groups -OCH3 is 1. The third kappa shape index (κ3) is 5.45. The van der Waals surface area contributed by atoms with E-state index in [1.807, 2.05) is 55.5 Å². The molecule has 3 aromatic carbocycles. The lowest BCUT2D eigenvalue weighted by Gasteiger charge is -2.15. The molecule has 0 atom stereocenters. The Kier molecular flexibility index (Phi) is 7.51. The van der Waals surface area contributed by atoms with E-state index < -0.39 is 11.8 Å². The van der Waals surface area contributed by atoms with E-state index in [0.717, 1.165) is 36.1 Å². The van der Waals surface area contributed by atoms with Crippen LogP contribution in [-0.4, -0.2) is 24.8 Å². The summed E-state index contributed by atoms with van der Waals surface area (Å²) >= 11 is 1.20. The van der Waals surface area contributed by atoms with Crippen molar-refractivity contribution < 1.29 is 19.1 Å². The number of ether oxygens (including phenoxy) is 1. The first kappa shape index (κ1) is 25.6. The van der Waals surface area contributed by atoms with Gasteiger partial charge in [0.1, 0.15) is 16.4 Å². The Balaban J connectivity index is 1.44. The molecule has 7 nitrogen and oxygen atoms in total. The minimum absolute atomic E-state index is 0.0309. The quantitative estimate of drug-likeness (QED) is 0.343. The zero-order valence-corrected chi connectivity index (χ0v) is 22.1. The monoisotopic (exact) mass is 527 g/mol. The third-order valence-electron chi connectivity index (χ3n) is 6.74. The van der Waals surface area contributed by atoms with Crippen LogP contribution in [0.4, 0.5) is 17.1 Å². The molecule has 0 saturated heterocycles. The maximum atomic E-state index is 13.7. The first-order valence-corrected chi connectivity index (χ1v) is 13.4. The van der Waals surface area contributed by atoms with Crippen molar-refractivity contribution in [2.45, 2.75) is 37.5 Å². The average Bonchev–Trinajstić information content (AvgIpc) is 3.54. The fraction of sp³-hybridized carbons (Fsp3) is 0.233. The number of rotatable bonds is 8. The topological polar surface area (TPSA) is 87.7 Å². The van der Waals surface area contributed by atoms with Crippen LogP contribution in [-0.2, 0) is 14.4 Å². The minimum atomic E-state index is -0.436. The van der Waals surface area contributed by atoms with Gasteiger partial charge >= 0.3 is 0 Å². The highest BCUT2D eigenvalue weighted by atomic mass is 32.2. The molecule has 3 amide bonds. The van der Waals surface area contributed by atoms with Crippen LogP contribution in [0.2, 0.25) is 0 Å². The molecular weight excluding hydrogens is 498 g/mol. The van der Waals surface area contributed by atoms with Crippen LogP contribution in [0.5, 0.6) is 5.75 Å². The number of aryl methyl sites for hydroxylation is 1. The number of anilines is 3. The molecule has 194 valence electrons. The SMILES string of the molecule is COc1ccc(N2C(=O)C(Nc3ccc(C)cc3)=C(Sc3cccc(NC(=O)C4CCCC4)c3)C2=O)cc1. The summed E-state index contributed by atoms with van der Waals surface area (Å²) in [6.45, 7) is 1.98. The number of hydrogen-bond acceptors (Lipinski definition) is 6. The van der Waals surface area contributed by atoms with Crippen LogP contribution in [0.1, 0.15) is 31.2 Å². The highest BCUT2D eigenvalue weighted by molar-refractivity contribution is 8.04. The van der Waals surface area contributed by atoms with Crippen molar-refractivity contribution in [3.63, 3.8) is 0 Å². The molecule has 0 radical (unpaired) electrons. The largest absolute Gasteiger partial charge is 0.497 e. The van der Waals surface area contributed by atoms with E-state index in [4.69, 9.17) is 4.74 Å². The molecule has 1 fully saturated rings. The number of imide groups is 1. The van der Waals surface area contributed by atoms with Gasteiger partial charge in [-0.2, -0.15) is 0 Å². The van der Waals surface area contributed by atoms with Crippen molar-refractivity contribution in [1.82, 2.24) is 0 Å². The van der Waals surface area contributed by atoms with Crippen molar-refractivity contribution in [2.75, 3.05) is 22.6 Å². The molecule has 8 heteroatoms. The second-order valence-corrected chi connectivity index (χ2v) is 10.5. The van der Waals surface area contributed by atoms with Gasteiger partial charge in [0.25, 0.3) is 11.8 Å². The van der Waals surface area contributed by atoms with Crippen LogP contribution < -0.4 is 20.3 Å². The number of benzene rings is 3. The van der Waals surface area contributed by atoms with E-state index in [9.17, 15) is 14.4 Å². The molecule has 5 rings (SSSR count). The summed E-state index contributed by atoms with van der Waals surface area (Å²) in [6, 6.07) is 21.8. The lowest BCUT2D eigenvalue weighted by molar-refractivity contribution is -0.121. The first-order chi connectivity index (χ1) is 18.4. The Morgan fingerprint density at radius 1 is 0.921 bits per heavy atom. The van der Waals surface area contributed by atoms with Gasteiger partial charge in [-0.3, -0.25) is 14.4 Å². The Morgan fingerprint density at radius 2 is 1.63 bits per heavy atom. The number of amides is 3. The zero-order chi connectivity index (χ0) is 26.6. The number of thioether (sulfide) groups is 1. The Labute approximate surface area is 226 Å². The number of carbonyl (C=O) groups excluding carboxylic acids is 3. The normalized spacial score (nSPS) is 15.8. The summed E-state index contributed by atoms with van der Waals surface area (Å²) in [6.07, 6.45) is 4.00. The summed E-state index contributed by atoms with van der Waals surface area (Å²) in [4.78, 5) is 42.1. The highest BCUT2D eigenvalue weighted by Crippen LogP contribution is 2.39. The second kappa shape index (κ2) is 11.1. The number of nitrogens with one attached hydrogen (secondary N) is 2. The minimum Gasteiger partial charge on any atom is -0.497 e. The van der Waals surface area contributed by atoms with Gasteiger partial charge in [-0.25, -0.2) is 4.90 Å². The maximum Gasteiger partial charge on any atom is 0.283 e. The molecule has 38 heavy (non-hydrogen) atoms. The van der Waals surface area contributed by atoms with Gasteiger partial charge in [0.05, 0.1) is 12.8 Å². The van der Waals surface area contributed by atoms with Crippen LogP contribution >= 0.6 is 11.8 Å². The molecule has 1 aliphatic heterocycles. The smallest absolute Gasteiger partial charge is 0.283 e. The zero-order valence-electron chi connectivity index (χ0n) is 21.3. The van der Waals surface area contributed by atoms with Gasteiger partial charge in [0, 0.05) is 22.2 Å². The van der Waals surface area contributed by atoms with Crippen LogP contribution in [0.25, 0.3) is 0 Å². The number of carbonyl (C=O) groups is 3. The number of hydrogen-bond donors (Lipinski definition) is 2. The third-order valence-corrected chi connectivity index (χ3v) is 7.81. The van der Waals surface area contributed by atoms with Crippen molar-refractivity contribution in [3.8, 4) is 5.75 Å². The summed E-state index contributed by atoms with van der Waals surface area (Å²) in [7, 11) is 1.56. The van der Waals surface area contributed by atoms with Gasteiger partial charge < -0.3 is 15.4 Å². The molecule has 2 aliphatic rings. The van der Waals surface area contributed by atoms with E-state index in [1.54, 1.807) is 31.4 Å². The van der Waals surface area contributed by atoms with Gasteiger partial charge in [0.2, 0.25) is 5.91 Å². The Morgan fingerprint density at radius 3 is 2.32 bits per heavy atom. The molecule has 1 saturated carbocycles. The predicted molar refractivity (Wildman–Crippen MR) is 150 cm³/mol. The fourth-order valence-electron chi connectivity index (χ4n) is 4.65. The van der Waals surface area contributed by atoms with E-state index in [1.165, 1.54) is 16.7 Å². The van der Waals surface area contributed by atoms with E-state index in [0.29, 0.717) is 22.8 Å². The number of nitrogens with zero attached hydrogens (tertiary/aromatic N) is 1. The summed E-state index contributed by atoms with van der Waals surface area (Å²) in [5.74, 6) is -0.145. The lowest BCUT2D eigenvalue weighted by Crippen LogP contribution is -2.32. The molecule has 0 aromatic heterocycles. The molecule has 0 bridgehead atoms. The Hall–Kier alpha value is -4.04. The molecule has 1 heterocycles. The van der Waals surface area contributed by atoms with Gasteiger partial charge in [-0.15, -0.1) is 0 Å². The second-order valence-electron chi connectivity index (χ2n) is 9.44. The molecule has 0 spiro atoms. The van der Waals surface area contributed by atoms with Crippen molar-refractivity contribution in [3.05, 3.63) is 89.0 Å². The van der Waals surface area contributed by atoms with Crippen molar-refractivity contribution in [2.24, 2.45) is 5.92 Å². The highest BCUT2D eigenvalue weighted by Gasteiger charge is 2.40. The summed E-state index contributed by atoms with van der Waals surface area (Å²) < 4.78 is 5.22. The van der Waals surface area contributed by atoms with E-state index >= 15 is 0 Å². The molecule has 2 N–H and O–H groups in total. The van der Waals surface area contributed by atoms with Crippen molar-refractivity contribution >= 4 is 46.5 Å². The lowest BCUT2D eigenvalue weighted by atomic mass is 10.1. The van der Waals surface area contributed by atoms with E-state index in [-0.39, 0.29) is 22.4 Å². The first-order valence-electron chi connectivity index (χ1n) is 12.6. The molecule has 3 aromatic rings. The van der Waals surface area contributed by atoms with Gasteiger partial charge in [0.15, 0.2) is 0 Å². The van der Waals surface area contributed by atoms with Gasteiger partial charge in [-0.1, -0.05) is 48.4 Å². The van der Waals surface area contributed by atoms with E-state index in [2.05, 4.69) is 10.6 Å². The van der Waals surface area contributed by atoms with Crippen LogP contribution in [0.15, 0.2) is 88.3 Å². The molecule has 0 unspecified atom stereocenters.